The van der Waals surface area contributed by atoms with E-state index in [1.165, 1.54) is 6.07 Å². The van der Waals surface area contributed by atoms with Crippen molar-refractivity contribution >= 4 is 11.7 Å². The summed E-state index contributed by atoms with van der Waals surface area (Å²) in [5, 5.41) is 12.5. The Morgan fingerprint density at radius 1 is 1.20 bits per heavy atom. The highest BCUT2D eigenvalue weighted by atomic mass is 19.4. The van der Waals surface area contributed by atoms with E-state index in [4.69, 9.17) is 0 Å². The molecule has 30 heavy (non-hydrogen) atoms. The Kier molecular flexibility index (Phi) is 6.52. The smallest absolute Gasteiger partial charge is 0.417 e. The first-order valence-electron chi connectivity index (χ1n) is 9.90. The lowest BCUT2D eigenvalue weighted by Gasteiger charge is -2.37. The summed E-state index contributed by atoms with van der Waals surface area (Å²) in [4.78, 5) is 18.1. The molecule has 2 heterocycles. The highest BCUT2D eigenvalue weighted by molar-refractivity contribution is 5.79. The largest absolute Gasteiger partial charge is 0.514 e. The minimum absolute atomic E-state index is 0.140. The molecule has 166 valence electrons. The summed E-state index contributed by atoms with van der Waals surface area (Å²) >= 11 is 0. The number of alkyl halides is 5. The number of aliphatic hydroxyl groups is 1. The number of amides is 1. The second kappa shape index (κ2) is 8.77. The lowest BCUT2D eigenvalue weighted by Crippen LogP contribution is -2.45. The average Bonchev–Trinajstić information content (AvgIpc) is 2.71. The van der Waals surface area contributed by atoms with Crippen LogP contribution in [-0.4, -0.2) is 39.9 Å². The summed E-state index contributed by atoms with van der Waals surface area (Å²) in [6.07, 6.45) is -1.90. The number of halogens is 5. The molecule has 2 N–H and O–H groups in total. The summed E-state index contributed by atoms with van der Waals surface area (Å²) in [6.45, 7) is 0.811. The van der Waals surface area contributed by atoms with Crippen LogP contribution in [0.15, 0.2) is 30.3 Å². The molecule has 1 aliphatic heterocycles. The van der Waals surface area contributed by atoms with Gasteiger partial charge in [-0.1, -0.05) is 0 Å². The van der Waals surface area contributed by atoms with Crippen molar-refractivity contribution in [3.05, 3.63) is 35.9 Å². The number of pyridine rings is 1. The van der Waals surface area contributed by atoms with E-state index in [-0.39, 0.29) is 43.3 Å². The Balaban J connectivity index is 1.61. The van der Waals surface area contributed by atoms with E-state index in [1.807, 2.05) is 0 Å². The zero-order chi connectivity index (χ0) is 21.9. The van der Waals surface area contributed by atoms with Crippen LogP contribution in [0.25, 0.3) is 0 Å². The normalized spacial score (nSPS) is 23.3. The summed E-state index contributed by atoms with van der Waals surface area (Å²) in [5.41, 5.74) is -0.537. The SMILES string of the molecule is O=C(C1CCC(F)(F)CC1)N1CCCC(/C(=C/O)Nc2ccc(C(F)(F)F)cn2)C1. The number of likely N-dealkylation sites (tertiary alicyclic amines) is 1. The van der Waals surface area contributed by atoms with Gasteiger partial charge in [0.1, 0.15) is 5.82 Å². The predicted molar refractivity (Wildman–Crippen MR) is 99.8 cm³/mol. The monoisotopic (exact) mass is 433 g/mol. The van der Waals surface area contributed by atoms with Crippen LogP contribution in [0.1, 0.15) is 44.1 Å². The number of nitrogens with one attached hydrogen (secondary N) is 1. The molecular formula is C20H24F5N3O2. The van der Waals surface area contributed by atoms with Crippen molar-refractivity contribution in [1.29, 1.82) is 0 Å². The molecule has 2 aliphatic rings. The second-order valence-corrected chi connectivity index (χ2v) is 7.89. The van der Waals surface area contributed by atoms with Gasteiger partial charge in [-0.2, -0.15) is 13.2 Å². The third kappa shape index (κ3) is 5.40. The highest BCUT2D eigenvalue weighted by Crippen LogP contribution is 2.37. The Hall–Kier alpha value is -2.39. The van der Waals surface area contributed by atoms with E-state index in [1.54, 1.807) is 4.90 Å². The molecule has 1 saturated carbocycles. The van der Waals surface area contributed by atoms with Gasteiger partial charge < -0.3 is 15.3 Å². The fourth-order valence-corrected chi connectivity index (χ4v) is 4.00. The lowest BCUT2D eigenvalue weighted by atomic mass is 9.85. The van der Waals surface area contributed by atoms with E-state index in [0.29, 0.717) is 37.8 Å². The zero-order valence-electron chi connectivity index (χ0n) is 16.3. The number of piperidine rings is 1. The van der Waals surface area contributed by atoms with E-state index >= 15 is 0 Å². The lowest BCUT2D eigenvalue weighted by molar-refractivity contribution is -0.141. The molecule has 0 spiro atoms. The first-order valence-corrected chi connectivity index (χ1v) is 9.90. The molecule has 3 rings (SSSR count). The molecule has 5 nitrogen and oxygen atoms in total. The van der Waals surface area contributed by atoms with E-state index in [0.717, 1.165) is 12.3 Å². The van der Waals surface area contributed by atoms with Gasteiger partial charge in [-0.3, -0.25) is 4.79 Å². The van der Waals surface area contributed by atoms with Gasteiger partial charge in [-0.25, -0.2) is 13.8 Å². The van der Waals surface area contributed by atoms with Crippen molar-refractivity contribution in [2.45, 2.75) is 50.6 Å². The number of carbonyl (C=O) groups is 1. The van der Waals surface area contributed by atoms with Crippen molar-refractivity contribution in [1.82, 2.24) is 9.88 Å². The third-order valence-electron chi connectivity index (χ3n) is 5.74. The minimum Gasteiger partial charge on any atom is -0.514 e. The number of hydrogen-bond acceptors (Lipinski definition) is 4. The first kappa shape index (κ1) is 22.3. The topological polar surface area (TPSA) is 65.5 Å². The molecule has 1 aliphatic carbocycles. The van der Waals surface area contributed by atoms with Crippen molar-refractivity contribution < 1.29 is 31.9 Å². The number of aromatic nitrogens is 1. The molecular weight excluding hydrogens is 409 g/mol. The van der Waals surface area contributed by atoms with Crippen molar-refractivity contribution in [3.63, 3.8) is 0 Å². The van der Waals surface area contributed by atoms with Crippen molar-refractivity contribution in [3.8, 4) is 0 Å². The molecule has 1 atom stereocenters. The molecule has 10 heteroatoms. The maximum absolute atomic E-state index is 13.4. The molecule has 0 radical (unpaired) electrons. The molecule has 0 aromatic carbocycles. The van der Waals surface area contributed by atoms with E-state index in [9.17, 15) is 31.9 Å². The third-order valence-corrected chi connectivity index (χ3v) is 5.74. The van der Waals surface area contributed by atoms with Gasteiger partial charge in [-0.15, -0.1) is 0 Å². The average molecular weight is 433 g/mol. The highest BCUT2D eigenvalue weighted by Gasteiger charge is 2.39. The van der Waals surface area contributed by atoms with Crippen molar-refractivity contribution in [2.75, 3.05) is 18.4 Å². The van der Waals surface area contributed by atoms with Crippen molar-refractivity contribution in [2.24, 2.45) is 11.8 Å². The fourth-order valence-electron chi connectivity index (χ4n) is 4.00. The number of anilines is 1. The number of aliphatic hydroxyl groups excluding tert-OH is 1. The van der Waals surface area contributed by atoms with Gasteiger partial charge in [0.05, 0.1) is 17.5 Å². The maximum Gasteiger partial charge on any atom is 0.417 e. The Labute approximate surface area is 171 Å². The molecule has 1 saturated heterocycles. The summed E-state index contributed by atoms with van der Waals surface area (Å²) in [6, 6.07) is 2.06. The number of hydrogen-bond donors (Lipinski definition) is 2. The Bertz CT molecular complexity index is 770. The molecule has 1 aromatic heterocycles. The van der Waals surface area contributed by atoms with Crippen LogP contribution in [0.4, 0.5) is 27.8 Å². The molecule has 2 fully saturated rings. The summed E-state index contributed by atoms with van der Waals surface area (Å²) < 4.78 is 64.7. The molecule has 1 unspecified atom stereocenters. The zero-order valence-corrected chi connectivity index (χ0v) is 16.3. The minimum atomic E-state index is -4.49. The van der Waals surface area contributed by atoms with Gasteiger partial charge >= 0.3 is 6.18 Å². The quantitative estimate of drug-likeness (QED) is 0.520. The molecule has 1 amide bonds. The molecule has 1 aromatic rings. The van der Waals surface area contributed by atoms with Crippen LogP contribution in [0, 0.1) is 11.8 Å². The summed E-state index contributed by atoms with van der Waals surface area (Å²) in [7, 11) is 0. The molecule has 0 bridgehead atoms. The van der Waals surface area contributed by atoms with Gasteiger partial charge in [0.25, 0.3) is 0 Å². The second-order valence-electron chi connectivity index (χ2n) is 7.89. The van der Waals surface area contributed by atoms with Crippen LogP contribution < -0.4 is 5.32 Å². The van der Waals surface area contributed by atoms with Gasteiger partial charge in [0.2, 0.25) is 11.8 Å². The predicted octanol–water partition coefficient (Wildman–Crippen LogP) is 4.98. The van der Waals surface area contributed by atoms with Crippen LogP contribution in [0.5, 0.6) is 0 Å². The van der Waals surface area contributed by atoms with Crippen LogP contribution in [0.2, 0.25) is 0 Å². The standard InChI is InChI=1S/C20H24F5N3O2/c21-19(22)7-5-13(6-8-19)18(30)28-9-1-2-14(11-28)16(12-29)27-17-4-3-15(10-26-17)20(23,24)25/h3-4,10,12-14,29H,1-2,5-9,11H2,(H,26,27)/b16-12-. The Morgan fingerprint density at radius 3 is 2.47 bits per heavy atom. The van der Waals surface area contributed by atoms with Gasteiger partial charge in [-0.05, 0) is 37.8 Å². The number of carbonyl (C=O) groups excluding carboxylic acids is 1. The van der Waals surface area contributed by atoms with E-state index < -0.39 is 23.6 Å². The summed E-state index contributed by atoms with van der Waals surface area (Å²) in [5.74, 6) is -3.40. The number of rotatable bonds is 4. The Morgan fingerprint density at radius 2 is 1.90 bits per heavy atom. The first-order chi connectivity index (χ1) is 14.1. The fraction of sp³-hybridized carbons (Fsp3) is 0.600. The van der Waals surface area contributed by atoms with Crippen LogP contribution in [0.3, 0.4) is 0 Å². The van der Waals surface area contributed by atoms with Gasteiger partial charge in [0, 0.05) is 44.0 Å². The number of nitrogens with zero attached hydrogens (tertiary/aromatic N) is 2. The van der Waals surface area contributed by atoms with Gasteiger partial charge in [0.15, 0.2) is 0 Å². The van der Waals surface area contributed by atoms with Crippen LogP contribution in [-0.2, 0) is 11.0 Å². The van der Waals surface area contributed by atoms with Crippen LogP contribution >= 0.6 is 0 Å². The van der Waals surface area contributed by atoms with E-state index in [2.05, 4.69) is 10.3 Å². The maximum atomic E-state index is 13.4.